The quantitative estimate of drug-likeness (QED) is 0.646. The molecule has 0 aromatic heterocycles. The molecule has 0 saturated heterocycles. The molecule has 20 heavy (non-hydrogen) atoms. The van der Waals surface area contributed by atoms with E-state index in [4.69, 9.17) is 9.47 Å². The zero-order valence-corrected chi connectivity index (χ0v) is 14.4. The van der Waals surface area contributed by atoms with Gasteiger partial charge in [0.1, 0.15) is 11.5 Å². The summed E-state index contributed by atoms with van der Waals surface area (Å²) in [4.78, 5) is 0. The monoisotopic (exact) mass is 343 g/mol. The van der Waals surface area contributed by atoms with E-state index in [0.717, 1.165) is 35.5 Å². The largest absolute Gasteiger partial charge is 0.497 e. The van der Waals surface area contributed by atoms with E-state index in [1.54, 1.807) is 14.2 Å². The maximum atomic E-state index is 5.46. The SMILES string of the molecule is CCNCCCCCCc1c(Br)cc(OC)cc1OC. The maximum absolute atomic E-state index is 5.46. The van der Waals surface area contributed by atoms with Crippen LogP contribution >= 0.6 is 15.9 Å². The van der Waals surface area contributed by atoms with E-state index in [-0.39, 0.29) is 0 Å². The number of nitrogens with one attached hydrogen (secondary N) is 1. The van der Waals surface area contributed by atoms with Crippen molar-refractivity contribution in [1.29, 1.82) is 0 Å². The van der Waals surface area contributed by atoms with Crippen molar-refractivity contribution in [3.05, 3.63) is 22.2 Å². The third-order valence-electron chi connectivity index (χ3n) is 3.36. The lowest BCUT2D eigenvalue weighted by molar-refractivity contribution is 0.390. The molecule has 0 amide bonds. The molecule has 0 bridgehead atoms. The molecule has 0 radical (unpaired) electrons. The molecule has 1 N–H and O–H groups in total. The zero-order valence-electron chi connectivity index (χ0n) is 12.8. The van der Waals surface area contributed by atoms with Crippen molar-refractivity contribution in [1.82, 2.24) is 5.32 Å². The average Bonchev–Trinajstić information content (AvgIpc) is 2.47. The number of halogens is 1. The van der Waals surface area contributed by atoms with E-state index in [9.17, 15) is 0 Å². The normalized spacial score (nSPS) is 10.6. The topological polar surface area (TPSA) is 30.5 Å². The van der Waals surface area contributed by atoms with Crippen LogP contribution in [0, 0.1) is 0 Å². The third-order valence-corrected chi connectivity index (χ3v) is 4.07. The zero-order chi connectivity index (χ0) is 14.8. The number of methoxy groups -OCH3 is 2. The summed E-state index contributed by atoms with van der Waals surface area (Å²) in [5.41, 5.74) is 1.24. The van der Waals surface area contributed by atoms with Gasteiger partial charge in [0.15, 0.2) is 0 Å². The summed E-state index contributed by atoms with van der Waals surface area (Å²) in [5, 5.41) is 3.36. The van der Waals surface area contributed by atoms with Crippen LogP contribution in [0.4, 0.5) is 0 Å². The van der Waals surface area contributed by atoms with Crippen molar-refractivity contribution in [2.45, 2.75) is 39.0 Å². The first-order chi connectivity index (χ1) is 9.72. The Bertz CT molecular complexity index is 396. The fourth-order valence-electron chi connectivity index (χ4n) is 2.21. The number of hydrogen-bond donors (Lipinski definition) is 1. The molecule has 1 aromatic rings. The highest BCUT2D eigenvalue weighted by atomic mass is 79.9. The van der Waals surface area contributed by atoms with Gasteiger partial charge in [0.25, 0.3) is 0 Å². The first kappa shape index (κ1) is 17.3. The Kier molecular flexibility index (Phi) is 8.70. The molecular formula is C16H26BrNO2. The van der Waals surface area contributed by atoms with Gasteiger partial charge in [0.05, 0.1) is 14.2 Å². The molecule has 0 aliphatic rings. The van der Waals surface area contributed by atoms with Crippen LogP contribution in [0.2, 0.25) is 0 Å². The van der Waals surface area contributed by atoms with E-state index < -0.39 is 0 Å². The Morgan fingerprint density at radius 3 is 2.45 bits per heavy atom. The molecule has 1 aromatic carbocycles. The fraction of sp³-hybridized carbons (Fsp3) is 0.625. The van der Waals surface area contributed by atoms with Gasteiger partial charge in [-0.1, -0.05) is 35.7 Å². The highest BCUT2D eigenvalue weighted by Crippen LogP contribution is 2.33. The summed E-state index contributed by atoms with van der Waals surface area (Å²) in [5.74, 6) is 1.73. The third kappa shape index (κ3) is 5.71. The van der Waals surface area contributed by atoms with Gasteiger partial charge in [-0.15, -0.1) is 0 Å². The summed E-state index contributed by atoms with van der Waals surface area (Å²) < 4.78 is 11.8. The smallest absolute Gasteiger partial charge is 0.126 e. The lowest BCUT2D eigenvalue weighted by Gasteiger charge is -2.12. The summed E-state index contributed by atoms with van der Waals surface area (Å²) in [6, 6.07) is 3.95. The Morgan fingerprint density at radius 1 is 1.05 bits per heavy atom. The van der Waals surface area contributed by atoms with Crippen LogP contribution in [0.15, 0.2) is 16.6 Å². The number of unbranched alkanes of at least 4 members (excludes halogenated alkanes) is 3. The molecule has 0 atom stereocenters. The number of rotatable bonds is 10. The van der Waals surface area contributed by atoms with Crippen LogP contribution in [-0.4, -0.2) is 27.3 Å². The lowest BCUT2D eigenvalue weighted by atomic mass is 10.0. The summed E-state index contributed by atoms with van der Waals surface area (Å²) >= 11 is 3.61. The molecule has 0 spiro atoms. The van der Waals surface area contributed by atoms with Gasteiger partial charge in [-0.05, 0) is 38.4 Å². The average molecular weight is 344 g/mol. The van der Waals surface area contributed by atoms with Crippen LogP contribution in [0.3, 0.4) is 0 Å². The van der Waals surface area contributed by atoms with Crippen LogP contribution in [0.5, 0.6) is 11.5 Å². The van der Waals surface area contributed by atoms with E-state index in [2.05, 4.69) is 28.2 Å². The van der Waals surface area contributed by atoms with E-state index >= 15 is 0 Å². The van der Waals surface area contributed by atoms with Gasteiger partial charge in [-0.3, -0.25) is 0 Å². The predicted molar refractivity (Wildman–Crippen MR) is 88.0 cm³/mol. The molecule has 3 nitrogen and oxygen atoms in total. The van der Waals surface area contributed by atoms with Crippen molar-refractivity contribution in [2.75, 3.05) is 27.3 Å². The minimum absolute atomic E-state index is 0.822. The number of benzene rings is 1. The van der Waals surface area contributed by atoms with E-state index in [1.807, 2.05) is 12.1 Å². The molecule has 0 aliphatic heterocycles. The lowest BCUT2D eigenvalue weighted by Crippen LogP contribution is -2.13. The fourth-order valence-corrected chi connectivity index (χ4v) is 2.83. The van der Waals surface area contributed by atoms with Crippen LogP contribution in [-0.2, 0) is 6.42 Å². The minimum atomic E-state index is 0.822. The van der Waals surface area contributed by atoms with Gasteiger partial charge in [-0.2, -0.15) is 0 Å². The van der Waals surface area contributed by atoms with Crippen molar-refractivity contribution in [3.63, 3.8) is 0 Å². The van der Waals surface area contributed by atoms with Crippen molar-refractivity contribution in [3.8, 4) is 11.5 Å². The molecule has 0 unspecified atom stereocenters. The summed E-state index contributed by atoms with van der Waals surface area (Å²) in [7, 11) is 3.38. The van der Waals surface area contributed by atoms with Crippen molar-refractivity contribution >= 4 is 15.9 Å². The van der Waals surface area contributed by atoms with Crippen molar-refractivity contribution in [2.24, 2.45) is 0 Å². The molecule has 0 heterocycles. The maximum Gasteiger partial charge on any atom is 0.126 e. The number of hydrogen-bond acceptors (Lipinski definition) is 3. The molecule has 4 heteroatoms. The Labute approximate surface area is 131 Å². The van der Waals surface area contributed by atoms with E-state index in [1.165, 1.54) is 31.2 Å². The Balaban J connectivity index is 2.43. The molecule has 0 aliphatic carbocycles. The Morgan fingerprint density at radius 2 is 1.80 bits per heavy atom. The van der Waals surface area contributed by atoms with E-state index in [0.29, 0.717) is 0 Å². The first-order valence-electron chi connectivity index (χ1n) is 7.34. The molecule has 114 valence electrons. The standard InChI is InChI=1S/C16H26BrNO2/c1-4-18-10-8-6-5-7-9-14-15(17)11-13(19-2)12-16(14)20-3/h11-12,18H,4-10H2,1-3H3. The molecular weight excluding hydrogens is 318 g/mol. The first-order valence-corrected chi connectivity index (χ1v) is 8.13. The highest BCUT2D eigenvalue weighted by molar-refractivity contribution is 9.10. The molecule has 0 fully saturated rings. The minimum Gasteiger partial charge on any atom is -0.497 e. The summed E-state index contributed by atoms with van der Waals surface area (Å²) in [6.07, 6.45) is 6.02. The van der Waals surface area contributed by atoms with Gasteiger partial charge in [0, 0.05) is 16.1 Å². The van der Waals surface area contributed by atoms with Crippen LogP contribution in [0.25, 0.3) is 0 Å². The molecule has 1 rings (SSSR count). The van der Waals surface area contributed by atoms with Gasteiger partial charge in [0.2, 0.25) is 0 Å². The second-order valence-electron chi connectivity index (χ2n) is 4.81. The highest BCUT2D eigenvalue weighted by Gasteiger charge is 2.10. The van der Waals surface area contributed by atoms with Crippen molar-refractivity contribution < 1.29 is 9.47 Å². The van der Waals surface area contributed by atoms with Gasteiger partial charge >= 0.3 is 0 Å². The summed E-state index contributed by atoms with van der Waals surface area (Å²) in [6.45, 7) is 4.34. The number of ether oxygens (including phenoxy) is 2. The van der Waals surface area contributed by atoms with Crippen LogP contribution < -0.4 is 14.8 Å². The van der Waals surface area contributed by atoms with Gasteiger partial charge in [-0.25, -0.2) is 0 Å². The Hall–Kier alpha value is -0.740. The van der Waals surface area contributed by atoms with Gasteiger partial charge < -0.3 is 14.8 Å². The second-order valence-corrected chi connectivity index (χ2v) is 5.66. The second kappa shape index (κ2) is 10.1. The molecule has 0 saturated carbocycles. The predicted octanol–water partition coefficient (Wildman–Crippen LogP) is 4.18. The van der Waals surface area contributed by atoms with Crippen LogP contribution in [0.1, 0.15) is 38.2 Å².